The van der Waals surface area contributed by atoms with Crippen LogP contribution in [0.2, 0.25) is 0 Å². The third-order valence-electron chi connectivity index (χ3n) is 2.62. The summed E-state index contributed by atoms with van der Waals surface area (Å²) in [6.45, 7) is 3.40. The molecule has 1 heterocycles. The van der Waals surface area contributed by atoms with Crippen molar-refractivity contribution in [2.45, 2.75) is 13.8 Å². The van der Waals surface area contributed by atoms with Crippen LogP contribution >= 0.6 is 0 Å². The van der Waals surface area contributed by atoms with Gasteiger partial charge in [-0.3, -0.25) is 4.79 Å². The molecule has 2 N–H and O–H groups in total. The van der Waals surface area contributed by atoms with Gasteiger partial charge in [-0.15, -0.1) is 0 Å². The summed E-state index contributed by atoms with van der Waals surface area (Å²) < 4.78 is 0. The Balaban J connectivity index is 3.00. The summed E-state index contributed by atoms with van der Waals surface area (Å²) in [6.07, 6.45) is 0. The first-order valence-corrected chi connectivity index (χ1v) is 4.87. The van der Waals surface area contributed by atoms with E-state index >= 15 is 0 Å². The van der Waals surface area contributed by atoms with E-state index in [0.717, 1.165) is 5.56 Å². The lowest BCUT2D eigenvalue weighted by Crippen LogP contribution is -2.16. The van der Waals surface area contributed by atoms with Gasteiger partial charge >= 0.3 is 5.97 Å². The molecule has 1 aromatic heterocycles. The number of carboxylic acid groups (broad SMARTS) is 1. The van der Waals surface area contributed by atoms with E-state index in [-0.39, 0.29) is 16.7 Å². The number of benzene rings is 1. The molecule has 0 amide bonds. The van der Waals surface area contributed by atoms with Crippen LogP contribution in [-0.2, 0) is 0 Å². The average molecular weight is 217 g/mol. The summed E-state index contributed by atoms with van der Waals surface area (Å²) in [7, 11) is 0. The van der Waals surface area contributed by atoms with Crippen LogP contribution in [0.3, 0.4) is 0 Å². The number of nitrogens with one attached hydrogen (secondary N) is 1. The van der Waals surface area contributed by atoms with Crippen molar-refractivity contribution in [2.24, 2.45) is 0 Å². The lowest BCUT2D eigenvalue weighted by Gasteiger charge is -2.06. The number of H-pyrrole nitrogens is 1. The maximum atomic E-state index is 11.6. The third kappa shape index (κ3) is 1.48. The van der Waals surface area contributed by atoms with Crippen LogP contribution in [0.25, 0.3) is 10.9 Å². The van der Waals surface area contributed by atoms with Gasteiger partial charge in [0.05, 0.1) is 5.56 Å². The molecule has 0 aliphatic heterocycles. The Morgan fingerprint density at radius 3 is 2.62 bits per heavy atom. The number of carboxylic acids is 1. The van der Waals surface area contributed by atoms with Gasteiger partial charge in [0.2, 0.25) is 0 Å². The quantitative estimate of drug-likeness (QED) is 0.765. The van der Waals surface area contributed by atoms with Crippen LogP contribution in [0.5, 0.6) is 0 Å². The zero-order valence-corrected chi connectivity index (χ0v) is 9.00. The Morgan fingerprint density at radius 2 is 2.00 bits per heavy atom. The van der Waals surface area contributed by atoms with Crippen molar-refractivity contribution in [1.82, 2.24) is 4.98 Å². The van der Waals surface area contributed by atoms with Gasteiger partial charge in [0.1, 0.15) is 0 Å². The Hall–Kier alpha value is -2.10. The molecule has 2 rings (SSSR count). The van der Waals surface area contributed by atoms with Crippen molar-refractivity contribution in [2.75, 3.05) is 0 Å². The van der Waals surface area contributed by atoms with Crippen LogP contribution in [-0.4, -0.2) is 16.1 Å². The van der Waals surface area contributed by atoms with Crippen LogP contribution in [0.15, 0.2) is 23.0 Å². The summed E-state index contributed by atoms with van der Waals surface area (Å²) in [6, 6.07) is 5.31. The van der Waals surface area contributed by atoms with Crippen molar-refractivity contribution >= 4 is 16.9 Å². The fraction of sp³-hybridized carbons (Fsp3) is 0.167. The topological polar surface area (TPSA) is 70.2 Å². The number of aryl methyl sites for hydroxylation is 1. The highest BCUT2D eigenvalue weighted by Gasteiger charge is 2.14. The number of aromatic nitrogens is 1. The predicted octanol–water partition coefficient (Wildman–Crippen LogP) is 1.84. The largest absolute Gasteiger partial charge is 0.478 e. The fourth-order valence-corrected chi connectivity index (χ4v) is 1.79. The smallest absolute Gasteiger partial charge is 0.336 e. The summed E-state index contributed by atoms with van der Waals surface area (Å²) in [4.78, 5) is 25.3. The molecule has 0 radical (unpaired) electrons. The summed E-state index contributed by atoms with van der Waals surface area (Å²) in [5, 5.41) is 9.67. The summed E-state index contributed by atoms with van der Waals surface area (Å²) >= 11 is 0. The molecule has 0 aliphatic rings. The van der Waals surface area contributed by atoms with E-state index in [1.807, 2.05) is 13.0 Å². The van der Waals surface area contributed by atoms with E-state index in [4.69, 9.17) is 5.11 Å². The normalized spacial score (nSPS) is 10.6. The van der Waals surface area contributed by atoms with E-state index < -0.39 is 5.97 Å². The number of carbonyl (C=O) groups is 1. The monoisotopic (exact) mass is 217 g/mol. The van der Waals surface area contributed by atoms with Crippen molar-refractivity contribution in [3.8, 4) is 0 Å². The van der Waals surface area contributed by atoms with Crippen molar-refractivity contribution < 1.29 is 9.90 Å². The maximum Gasteiger partial charge on any atom is 0.336 e. The highest BCUT2D eigenvalue weighted by atomic mass is 16.4. The van der Waals surface area contributed by atoms with Gasteiger partial charge in [-0.25, -0.2) is 4.79 Å². The van der Waals surface area contributed by atoms with Gasteiger partial charge in [-0.05, 0) is 25.5 Å². The lowest BCUT2D eigenvalue weighted by atomic mass is 10.0. The van der Waals surface area contributed by atoms with Crippen LogP contribution in [0.1, 0.15) is 21.5 Å². The third-order valence-corrected chi connectivity index (χ3v) is 2.62. The molecule has 0 saturated heterocycles. The highest BCUT2D eigenvalue weighted by Crippen LogP contribution is 2.19. The van der Waals surface area contributed by atoms with E-state index in [2.05, 4.69) is 4.98 Å². The highest BCUT2D eigenvalue weighted by molar-refractivity contribution is 6.03. The molecule has 16 heavy (non-hydrogen) atoms. The van der Waals surface area contributed by atoms with E-state index in [9.17, 15) is 9.59 Å². The molecule has 2 aromatic rings. The van der Waals surface area contributed by atoms with Gasteiger partial charge in [-0.1, -0.05) is 12.1 Å². The van der Waals surface area contributed by atoms with Gasteiger partial charge in [0.25, 0.3) is 5.56 Å². The second-order valence-corrected chi connectivity index (χ2v) is 3.81. The van der Waals surface area contributed by atoms with E-state index in [1.165, 1.54) is 6.92 Å². The first kappa shape index (κ1) is 10.4. The number of pyridine rings is 1. The van der Waals surface area contributed by atoms with Crippen LogP contribution in [0, 0.1) is 13.8 Å². The number of hydrogen-bond acceptors (Lipinski definition) is 2. The zero-order chi connectivity index (χ0) is 11.9. The molecule has 0 bridgehead atoms. The molecule has 0 saturated carbocycles. The van der Waals surface area contributed by atoms with Crippen LogP contribution < -0.4 is 5.56 Å². The second-order valence-electron chi connectivity index (χ2n) is 3.81. The minimum Gasteiger partial charge on any atom is -0.478 e. The number of aromatic carboxylic acids is 1. The average Bonchev–Trinajstić information content (AvgIpc) is 2.19. The molecule has 4 heteroatoms. The van der Waals surface area contributed by atoms with Crippen molar-refractivity contribution in [1.29, 1.82) is 0 Å². The lowest BCUT2D eigenvalue weighted by molar-refractivity contribution is 0.0698. The van der Waals surface area contributed by atoms with E-state index in [1.54, 1.807) is 12.1 Å². The van der Waals surface area contributed by atoms with Gasteiger partial charge in [0, 0.05) is 16.5 Å². The fourth-order valence-electron chi connectivity index (χ4n) is 1.79. The number of rotatable bonds is 1. The van der Waals surface area contributed by atoms with E-state index in [0.29, 0.717) is 10.9 Å². The first-order valence-electron chi connectivity index (χ1n) is 4.87. The molecular formula is C12H11NO3. The minimum absolute atomic E-state index is 0.0822. The maximum absolute atomic E-state index is 11.6. The molecule has 0 unspecified atom stereocenters. The first-order chi connectivity index (χ1) is 7.50. The van der Waals surface area contributed by atoms with Gasteiger partial charge in [0.15, 0.2) is 0 Å². The number of fused-ring (bicyclic) bond motifs is 1. The van der Waals surface area contributed by atoms with Crippen molar-refractivity contribution in [3.05, 3.63) is 45.2 Å². The molecule has 1 aromatic carbocycles. The van der Waals surface area contributed by atoms with Crippen molar-refractivity contribution in [3.63, 3.8) is 0 Å². The standard InChI is InChI=1S/C12H11NO3/c1-6-3-4-8-9(5-6)13-11(14)7(2)10(8)12(15)16/h3-5H,1-2H3,(H,13,14)(H,15,16). The Morgan fingerprint density at radius 1 is 1.31 bits per heavy atom. The van der Waals surface area contributed by atoms with Gasteiger partial charge in [-0.2, -0.15) is 0 Å². The molecule has 82 valence electrons. The Bertz CT molecular complexity index is 640. The van der Waals surface area contributed by atoms with Gasteiger partial charge < -0.3 is 10.1 Å². The molecule has 0 fully saturated rings. The minimum atomic E-state index is -1.07. The molecular weight excluding hydrogens is 206 g/mol. The molecule has 4 nitrogen and oxygen atoms in total. The summed E-state index contributed by atoms with van der Waals surface area (Å²) in [5.74, 6) is -1.07. The Kier molecular flexibility index (Phi) is 2.27. The number of aromatic amines is 1. The zero-order valence-electron chi connectivity index (χ0n) is 9.00. The molecule has 0 spiro atoms. The van der Waals surface area contributed by atoms with Crippen LogP contribution in [0.4, 0.5) is 0 Å². The number of hydrogen-bond donors (Lipinski definition) is 2. The predicted molar refractivity (Wildman–Crippen MR) is 61.0 cm³/mol. The second kappa shape index (κ2) is 3.48. The Labute approximate surface area is 91.5 Å². The SMILES string of the molecule is Cc1ccc2c(C(=O)O)c(C)c(=O)[nH]c2c1. The molecule has 0 atom stereocenters. The summed E-state index contributed by atoms with van der Waals surface area (Å²) in [5.41, 5.74) is 1.51. The molecule has 0 aliphatic carbocycles.